The molecule has 0 heterocycles. The maximum Gasteiger partial charge on any atom is 0.262 e. The Kier molecular flexibility index (Phi) is 8.10. The first-order valence-corrected chi connectivity index (χ1v) is 10.6. The van der Waals surface area contributed by atoms with Crippen molar-refractivity contribution in [1.29, 1.82) is 0 Å². The topological polar surface area (TPSA) is 81.2 Å². The van der Waals surface area contributed by atoms with Crippen LogP contribution in [0.5, 0.6) is 17.2 Å². The minimum atomic E-state index is -0.323. The number of hydrogen-bond acceptors (Lipinski definition) is 6. The van der Waals surface area contributed by atoms with E-state index in [1.165, 1.54) is 12.7 Å². The number of anilines is 2. The number of carbonyl (C=O) groups is 1. The molecule has 3 aromatic carbocycles. The van der Waals surface area contributed by atoms with Crippen molar-refractivity contribution in [3.8, 4) is 17.2 Å². The number of hydrazone groups is 1. The van der Waals surface area contributed by atoms with E-state index in [9.17, 15) is 4.79 Å². The minimum Gasteiger partial charge on any atom is -0.495 e. The van der Waals surface area contributed by atoms with Gasteiger partial charge in [0.2, 0.25) is 0 Å². The number of nitrogens with zero attached hydrogens (tertiary/aromatic N) is 1. The largest absolute Gasteiger partial charge is 0.495 e. The Morgan fingerprint density at radius 2 is 1.75 bits per heavy atom. The van der Waals surface area contributed by atoms with E-state index in [2.05, 4.69) is 31.8 Å². The lowest BCUT2D eigenvalue weighted by atomic mass is 10.2. The molecular formula is C24H24BrN3O4. The molecule has 0 fully saturated rings. The highest BCUT2D eigenvalue weighted by molar-refractivity contribution is 9.10. The average Bonchev–Trinajstić information content (AvgIpc) is 2.79. The molecule has 3 aromatic rings. The highest BCUT2D eigenvalue weighted by atomic mass is 79.9. The van der Waals surface area contributed by atoms with Crippen LogP contribution in [-0.4, -0.2) is 32.9 Å². The predicted molar refractivity (Wildman–Crippen MR) is 130 cm³/mol. The molecule has 166 valence electrons. The van der Waals surface area contributed by atoms with E-state index in [-0.39, 0.29) is 12.5 Å². The molecule has 0 bridgehead atoms. The van der Waals surface area contributed by atoms with E-state index in [1.54, 1.807) is 31.5 Å². The fraction of sp³-hybridized carbons (Fsp3) is 0.167. The normalized spacial score (nSPS) is 10.6. The number of aryl methyl sites for hydroxylation is 1. The van der Waals surface area contributed by atoms with Gasteiger partial charge in [0.25, 0.3) is 5.91 Å². The average molecular weight is 498 g/mol. The Morgan fingerprint density at radius 3 is 2.47 bits per heavy atom. The number of ether oxygens (including phenoxy) is 3. The minimum absolute atomic E-state index is 0.199. The van der Waals surface area contributed by atoms with Crippen LogP contribution in [0.25, 0.3) is 0 Å². The van der Waals surface area contributed by atoms with Crippen LogP contribution in [0.1, 0.15) is 11.1 Å². The molecule has 0 unspecified atom stereocenters. The second-order valence-corrected chi connectivity index (χ2v) is 7.66. The molecule has 2 N–H and O–H groups in total. The van der Waals surface area contributed by atoms with Gasteiger partial charge < -0.3 is 19.5 Å². The molecule has 7 nitrogen and oxygen atoms in total. The Balaban J connectivity index is 1.64. The zero-order valence-electron chi connectivity index (χ0n) is 18.0. The van der Waals surface area contributed by atoms with Crippen LogP contribution in [0.4, 0.5) is 11.4 Å². The van der Waals surface area contributed by atoms with Crippen LogP contribution in [0.2, 0.25) is 0 Å². The van der Waals surface area contributed by atoms with Gasteiger partial charge in [0.05, 0.1) is 36.3 Å². The number of carbonyl (C=O) groups excluding carboxylic acids is 1. The van der Waals surface area contributed by atoms with Gasteiger partial charge in [0, 0.05) is 0 Å². The number of methoxy groups -OCH3 is 2. The number of hydrogen-bond donors (Lipinski definition) is 2. The Bertz CT molecular complexity index is 1100. The molecule has 0 aliphatic rings. The summed E-state index contributed by atoms with van der Waals surface area (Å²) in [6, 6.07) is 18.7. The number of halogens is 1. The summed E-state index contributed by atoms with van der Waals surface area (Å²) in [5, 5.41) is 7.03. The lowest BCUT2D eigenvalue weighted by molar-refractivity contribution is -0.118. The van der Waals surface area contributed by atoms with Crippen LogP contribution in [-0.2, 0) is 4.79 Å². The molecule has 0 spiro atoms. The molecular weight excluding hydrogens is 474 g/mol. The first-order chi connectivity index (χ1) is 15.5. The number of benzene rings is 3. The maximum atomic E-state index is 12.4. The van der Waals surface area contributed by atoms with Crippen molar-refractivity contribution in [3.63, 3.8) is 0 Å². The van der Waals surface area contributed by atoms with Gasteiger partial charge in [0.1, 0.15) is 5.75 Å². The molecule has 8 heteroatoms. The number of para-hydroxylation sites is 2. The highest BCUT2D eigenvalue weighted by Crippen LogP contribution is 2.36. The summed E-state index contributed by atoms with van der Waals surface area (Å²) in [5.41, 5.74) is 6.41. The van der Waals surface area contributed by atoms with E-state index in [1.807, 2.05) is 49.4 Å². The number of nitrogens with one attached hydrogen (secondary N) is 2. The summed E-state index contributed by atoms with van der Waals surface area (Å²) in [4.78, 5) is 12.4. The maximum absolute atomic E-state index is 12.4. The summed E-state index contributed by atoms with van der Waals surface area (Å²) in [5.74, 6) is 1.14. The van der Waals surface area contributed by atoms with E-state index in [0.717, 1.165) is 11.3 Å². The quantitative estimate of drug-likeness (QED) is 0.312. The molecule has 0 aromatic heterocycles. The third kappa shape index (κ3) is 6.24. The van der Waals surface area contributed by atoms with E-state index in [0.29, 0.717) is 27.4 Å². The molecule has 0 saturated carbocycles. The van der Waals surface area contributed by atoms with Crippen LogP contribution < -0.4 is 25.0 Å². The Morgan fingerprint density at radius 1 is 1.03 bits per heavy atom. The zero-order valence-corrected chi connectivity index (χ0v) is 19.6. The van der Waals surface area contributed by atoms with E-state index >= 15 is 0 Å². The van der Waals surface area contributed by atoms with E-state index in [4.69, 9.17) is 14.2 Å². The van der Waals surface area contributed by atoms with Gasteiger partial charge in [-0.15, -0.1) is 0 Å². The second-order valence-electron chi connectivity index (χ2n) is 6.81. The lowest BCUT2D eigenvalue weighted by Gasteiger charge is -2.14. The summed E-state index contributed by atoms with van der Waals surface area (Å²) < 4.78 is 17.0. The molecule has 3 rings (SSSR count). The first-order valence-electron chi connectivity index (χ1n) is 9.79. The summed E-state index contributed by atoms with van der Waals surface area (Å²) in [6.07, 6.45) is 1.67. The standard InChI is InChI=1S/C24H24BrN3O4/c1-16-8-10-18(11-9-16)28-26-14-17-12-19(25)24(22(13-17)31-3)32-15-23(29)27-20-6-4-5-7-21(20)30-2/h4-14,28H,15H2,1-3H3,(H,27,29)/b26-14-. The lowest BCUT2D eigenvalue weighted by Crippen LogP contribution is -2.20. The summed E-state index contributed by atoms with van der Waals surface area (Å²) in [7, 11) is 3.08. The van der Waals surface area contributed by atoms with Crippen LogP contribution in [0.3, 0.4) is 0 Å². The molecule has 0 aliphatic carbocycles. The number of rotatable bonds is 9. The summed E-state index contributed by atoms with van der Waals surface area (Å²) >= 11 is 3.48. The molecule has 0 atom stereocenters. The Labute approximate surface area is 195 Å². The van der Waals surface area contributed by atoms with Crippen molar-refractivity contribution in [1.82, 2.24) is 0 Å². The first kappa shape index (κ1) is 23.1. The molecule has 0 aliphatic heterocycles. The second kappa shape index (κ2) is 11.2. The fourth-order valence-corrected chi connectivity index (χ4v) is 3.41. The van der Waals surface area contributed by atoms with Crippen LogP contribution in [0, 0.1) is 6.92 Å². The van der Waals surface area contributed by atoms with Crippen molar-refractivity contribution in [3.05, 3.63) is 76.3 Å². The van der Waals surface area contributed by atoms with Gasteiger partial charge in [-0.25, -0.2) is 0 Å². The van der Waals surface area contributed by atoms with Gasteiger partial charge in [-0.1, -0.05) is 29.8 Å². The highest BCUT2D eigenvalue weighted by Gasteiger charge is 2.14. The van der Waals surface area contributed by atoms with Crippen molar-refractivity contribution in [2.45, 2.75) is 6.92 Å². The SMILES string of the molecule is COc1ccccc1NC(=O)COc1c(Br)cc(/C=N\Nc2ccc(C)cc2)cc1OC. The van der Waals surface area contributed by atoms with Gasteiger partial charge >= 0.3 is 0 Å². The molecule has 0 radical (unpaired) electrons. The fourth-order valence-electron chi connectivity index (χ4n) is 2.84. The Hall–Kier alpha value is -3.52. The van der Waals surface area contributed by atoms with Crippen molar-refractivity contribution in [2.24, 2.45) is 5.10 Å². The summed E-state index contributed by atoms with van der Waals surface area (Å²) in [6.45, 7) is 1.83. The third-order valence-corrected chi connectivity index (χ3v) is 5.03. The van der Waals surface area contributed by atoms with Crippen molar-refractivity contribution >= 4 is 39.4 Å². The van der Waals surface area contributed by atoms with Crippen LogP contribution in [0.15, 0.2) is 70.2 Å². The van der Waals surface area contributed by atoms with Gasteiger partial charge in [-0.3, -0.25) is 10.2 Å². The van der Waals surface area contributed by atoms with Gasteiger partial charge in [-0.05, 0) is 64.8 Å². The van der Waals surface area contributed by atoms with Crippen molar-refractivity contribution < 1.29 is 19.0 Å². The molecule has 1 amide bonds. The molecule has 32 heavy (non-hydrogen) atoms. The smallest absolute Gasteiger partial charge is 0.262 e. The predicted octanol–water partition coefficient (Wildman–Crippen LogP) is 5.24. The monoisotopic (exact) mass is 497 g/mol. The molecule has 0 saturated heterocycles. The van der Waals surface area contributed by atoms with Crippen LogP contribution >= 0.6 is 15.9 Å². The number of amides is 1. The van der Waals surface area contributed by atoms with Gasteiger partial charge in [-0.2, -0.15) is 5.10 Å². The van der Waals surface area contributed by atoms with Crippen molar-refractivity contribution in [2.75, 3.05) is 31.6 Å². The zero-order chi connectivity index (χ0) is 22.9. The van der Waals surface area contributed by atoms with E-state index < -0.39 is 0 Å². The van der Waals surface area contributed by atoms with Gasteiger partial charge in [0.15, 0.2) is 18.1 Å². The third-order valence-electron chi connectivity index (χ3n) is 4.44.